The van der Waals surface area contributed by atoms with Crippen LogP contribution in [0.1, 0.15) is 19.3 Å². The average Bonchev–Trinajstić information content (AvgIpc) is 2.82. The molecular formula is C15H16FNO. The first-order valence-electron chi connectivity index (χ1n) is 6.80. The highest BCUT2D eigenvalue weighted by atomic mass is 19.1. The van der Waals surface area contributed by atoms with Gasteiger partial charge < -0.3 is 5.32 Å². The minimum atomic E-state index is -0.269. The highest BCUT2D eigenvalue weighted by Crippen LogP contribution is 2.69. The lowest BCUT2D eigenvalue weighted by Crippen LogP contribution is -2.18. The van der Waals surface area contributed by atoms with Gasteiger partial charge in [0.1, 0.15) is 5.82 Å². The highest BCUT2D eigenvalue weighted by Gasteiger charge is 2.67. The smallest absolute Gasteiger partial charge is 0.228 e. The van der Waals surface area contributed by atoms with Crippen molar-refractivity contribution >= 4 is 11.6 Å². The number of amides is 1. The third-order valence-electron chi connectivity index (χ3n) is 5.15. The predicted octanol–water partition coefficient (Wildman–Crippen LogP) is 3.06. The summed E-state index contributed by atoms with van der Waals surface area (Å²) in [6.07, 6.45) is 4.01. The van der Waals surface area contributed by atoms with E-state index in [9.17, 15) is 9.18 Å². The Morgan fingerprint density at radius 1 is 1.11 bits per heavy atom. The van der Waals surface area contributed by atoms with E-state index >= 15 is 0 Å². The van der Waals surface area contributed by atoms with Crippen molar-refractivity contribution in [2.75, 3.05) is 5.32 Å². The Balaban J connectivity index is 1.45. The van der Waals surface area contributed by atoms with E-state index in [-0.39, 0.29) is 17.6 Å². The van der Waals surface area contributed by atoms with E-state index in [1.54, 1.807) is 12.1 Å². The van der Waals surface area contributed by atoms with Gasteiger partial charge in [-0.2, -0.15) is 0 Å². The van der Waals surface area contributed by atoms with Gasteiger partial charge in [0.25, 0.3) is 0 Å². The Labute approximate surface area is 106 Å². The number of anilines is 1. The number of carbonyl (C=O) groups is 1. The molecule has 1 amide bonds. The number of halogens is 1. The van der Waals surface area contributed by atoms with Crippen molar-refractivity contribution in [3.63, 3.8) is 0 Å². The van der Waals surface area contributed by atoms with Crippen LogP contribution in [-0.2, 0) is 4.79 Å². The van der Waals surface area contributed by atoms with E-state index in [4.69, 9.17) is 0 Å². The zero-order valence-corrected chi connectivity index (χ0v) is 10.1. The maximum Gasteiger partial charge on any atom is 0.228 e. The van der Waals surface area contributed by atoms with Crippen molar-refractivity contribution in [3.05, 3.63) is 30.1 Å². The summed E-state index contributed by atoms with van der Waals surface area (Å²) in [7, 11) is 0. The molecule has 94 valence electrons. The van der Waals surface area contributed by atoms with Crippen molar-refractivity contribution in [2.45, 2.75) is 19.3 Å². The van der Waals surface area contributed by atoms with E-state index in [0.29, 0.717) is 17.5 Å². The lowest BCUT2D eigenvalue weighted by atomic mass is 10.0. The number of nitrogens with one attached hydrogen (secondary N) is 1. The molecule has 0 aliphatic heterocycles. The molecule has 0 aromatic heterocycles. The monoisotopic (exact) mass is 245 g/mol. The minimum Gasteiger partial charge on any atom is -0.326 e. The maximum atomic E-state index is 12.8. The summed E-state index contributed by atoms with van der Waals surface area (Å²) in [4.78, 5) is 12.2. The van der Waals surface area contributed by atoms with Gasteiger partial charge in [0.05, 0.1) is 0 Å². The molecule has 4 rings (SSSR count). The fourth-order valence-corrected chi connectivity index (χ4v) is 4.43. The summed E-state index contributed by atoms with van der Waals surface area (Å²) in [5.74, 6) is 3.05. The third kappa shape index (κ3) is 1.43. The fourth-order valence-electron chi connectivity index (χ4n) is 4.43. The molecule has 2 nitrogen and oxygen atoms in total. The Kier molecular flexibility index (Phi) is 2.08. The molecule has 2 bridgehead atoms. The van der Waals surface area contributed by atoms with Gasteiger partial charge in [0.15, 0.2) is 0 Å². The predicted molar refractivity (Wildman–Crippen MR) is 66.3 cm³/mol. The molecule has 3 saturated carbocycles. The lowest BCUT2D eigenvalue weighted by Gasteiger charge is -2.09. The van der Waals surface area contributed by atoms with Crippen LogP contribution in [0, 0.1) is 35.4 Å². The second-order valence-electron chi connectivity index (χ2n) is 6.01. The maximum absolute atomic E-state index is 12.8. The van der Waals surface area contributed by atoms with Crippen LogP contribution in [0.2, 0.25) is 0 Å². The largest absolute Gasteiger partial charge is 0.326 e. The van der Waals surface area contributed by atoms with Crippen molar-refractivity contribution in [3.8, 4) is 0 Å². The Morgan fingerprint density at radius 3 is 2.33 bits per heavy atom. The second kappa shape index (κ2) is 3.56. The Hall–Kier alpha value is -1.38. The minimum absolute atomic E-state index is 0.146. The number of carbonyl (C=O) groups excluding carboxylic acids is 1. The van der Waals surface area contributed by atoms with Crippen molar-refractivity contribution in [1.82, 2.24) is 0 Å². The van der Waals surface area contributed by atoms with Crippen molar-refractivity contribution in [1.29, 1.82) is 0 Å². The second-order valence-corrected chi connectivity index (χ2v) is 6.01. The molecule has 0 spiro atoms. The van der Waals surface area contributed by atoms with Gasteiger partial charge in [-0.15, -0.1) is 0 Å². The number of hydrogen-bond acceptors (Lipinski definition) is 1. The van der Waals surface area contributed by atoms with Crippen LogP contribution in [0.25, 0.3) is 0 Å². The number of rotatable bonds is 2. The van der Waals surface area contributed by atoms with Crippen LogP contribution < -0.4 is 5.32 Å². The van der Waals surface area contributed by atoms with Crippen molar-refractivity contribution < 1.29 is 9.18 Å². The zero-order chi connectivity index (χ0) is 12.3. The summed E-state index contributed by atoms with van der Waals surface area (Å²) < 4.78 is 12.8. The van der Waals surface area contributed by atoms with Crippen LogP contribution in [-0.4, -0.2) is 5.91 Å². The molecule has 1 N–H and O–H groups in total. The van der Waals surface area contributed by atoms with Gasteiger partial charge in [-0.1, -0.05) is 0 Å². The fraction of sp³-hybridized carbons (Fsp3) is 0.533. The molecule has 3 aliphatic carbocycles. The average molecular weight is 245 g/mol. The Bertz CT molecular complexity index is 482. The molecule has 4 atom stereocenters. The van der Waals surface area contributed by atoms with E-state index in [2.05, 4.69) is 5.32 Å². The molecule has 1 aromatic carbocycles. The van der Waals surface area contributed by atoms with Gasteiger partial charge in [0, 0.05) is 11.6 Å². The van der Waals surface area contributed by atoms with E-state index in [1.807, 2.05) is 0 Å². The van der Waals surface area contributed by atoms with Crippen LogP contribution in [0.4, 0.5) is 10.1 Å². The summed E-state index contributed by atoms with van der Waals surface area (Å²) in [5, 5.41) is 2.92. The first-order valence-corrected chi connectivity index (χ1v) is 6.80. The molecule has 3 heteroatoms. The quantitative estimate of drug-likeness (QED) is 0.852. The summed E-state index contributed by atoms with van der Waals surface area (Å²) in [6, 6.07) is 6.01. The van der Waals surface area contributed by atoms with E-state index in [0.717, 1.165) is 11.8 Å². The lowest BCUT2D eigenvalue weighted by molar-refractivity contribution is -0.118. The number of hydrogen-bond donors (Lipinski definition) is 1. The van der Waals surface area contributed by atoms with E-state index < -0.39 is 0 Å². The molecule has 0 heterocycles. The van der Waals surface area contributed by atoms with Crippen LogP contribution in [0.3, 0.4) is 0 Å². The topological polar surface area (TPSA) is 29.1 Å². The molecule has 3 aliphatic rings. The molecule has 18 heavy (non-hydrogen) atoms. The van der Waals surface area contributed by atoms with Crippen LogP contribution in [0.15, 0.2) is 24.3 Å². The summed E-state index contributed by atoms with van der Waals surface area (Å²) in [6.45, 7) is 0. The number of fused-ring (bicyclic) bond motifs is 5. The third-order valence-corrected chi connectivity index (χ3v) is 5.15. The van der Waals surface area contributed by atoms with Gasteiger partial charge in [0.2, 0.25) is 5.91 Å². The summed E-state index contributed by atoms with van der Waals surface area (Å²) >= 11 is 0. The molecule has 1 aromatic rings. The standard InChI is InChI=1S/C15H16FNO/c16-10-3-5-11(6-4-10)17-15(18)14-12-8-1-2-9(7-8)13(12)14/h3-6,8-9,12-14H,1-2,7H2,(H,17,18). The zero-order valence-electron chi connectivity index (χ0n) is 10.1. The molecule has 0 radical (unpaired) electrons. The van der Waals surface area contributed by atoms with Gasteiger partial charge in [-0.3, -0.25) is 4.79 Å². The molecular weight excluding hydrogens is 229 g/mol. The van der Waals surface area contributed by atoms with E-state index in [1.165, 1.54) is 31.4 Å². The molecule has 0 saturated heterocycles. The van der Waals surface area contributed by atoms with Gasteiger partial charge >= 0.3 is 0 Å². The number of benzene rings is 1. The van der Waals surface area contributed by atoms with Gasteiger partial charge in [-0.05, 0) is 67.2 Å². The molecule has 3 fully saturated rings. The molecule has 4 unspecified atom stereocenters. The van der Waals surface area contributed by atoms with Crippen LogP contribution in [0.5, 0.6) is 0 Å². The van der Waals surface area contributed by atoms with Gasteiger partial charge in [-0.25, -0.2) is 4.39 Å². The highest BCUT2D eigenvalue weighted by molar-refractivity contribution is 5.95. The van der Waals surface area contributed by atoms with Crippen LogP contribution >= 0.6 is 0 Å². The first-order chi connectivity index (χ1) is 8.74. The SMILES string of the molecule is O=C(Nc1ccc(F)cc1)C1C2C3CCC(C3)C12. The first kappa shape index (κ1) is 10.5. The Morgan fingerprint density at radius 2 is 1.72 bits per heavy atom. The van der Waals surface area contributed by atoms with Crippen molar-refractivity contribution in [2.24, 2.45) is 29.6 Å². The normalized spacial score (nSPS) is 39.5. The summed E-state index contributed by atoms with van der Waals surface area (Å²) in [5.41, 5.74) is 0.707.